The molecule has 0 radical (unpaired) electrons. The Balaban J connectivity index is 1.56. The molecule has 0 unspecified atom stereocenters. The molecule has 6 nitrogen and oxygen atoms in total. The summed E-state index contributed by atoms with van der Waals surface area (Å²) in [5.74, 6) is -0.195. The van der Waals surface area contributed by atoms with E-state index in [0.29, 0.717) is 24.3 Å². The van der Waals surface area contributed by atoms with Crippen molar-refractivity contribution in [1.29, 1.82) is 0 Å². The number of nitrogens with zero attached hydrogens (tertiary/aromatic N) is 2. The van der Waals surface area contributed by atoms with Crippen LogP contribution in [0.4, 0.5) is 11.4 Å². The third-order valence-electron chi connectivity index (χ3n) is 3.60. The average molecular weight is 322 g/mol. The van der Waals surface area contributed by atoms with Crippen LogP contribution in [0.3, 0.4) is 0 Å². The van der Waals surface area contributed by atoms with Gasteiger partial charge in [-0.1, -0.05) is 12.1 Å². The fourth-order valence-electron chi connectivity index (χ4n) is 2.47. The number of rotatable bonds is 5. The molecular formula is C18H18N4O2. The Labute approximate surface area is 139 Å². The van der Waals surface area contributed by atoms with Crippen molar-refractivity contribution < 1.29 is 9.59 Å². The largest absolute Gasteiger partial charge is 0.330 e. The van der Waals surface area contributed by atoms with Gasteiger partial charge in [-0.2, -0.15) is 0 Å². The molecule has 0 saturated heterocycles. The molecule has 1 aromatic heterocycles. The summed E-state index contributed by atoms with van der Waals surface area (Å²) in [5.41, 5.74) is 3.34. The first-order valence-electron chi connectivity index (χ1n) is 7.69. The molecule has 2 amide bonds. The minimum absolute atomic E-state index is 0.0694. The molecule has 122 valence electrons. The van der Waals surface area contributed by atoms with Gasteiger partial charge in [-0.15, -0.1) is 0 Å². The smallest absolute Gasteiger partial charge is 0.226 e. The van der Waals surface area contributed by atoms with E-state index in [1.54, 1.807) is 30.6 Å². The fraction of sp³-hybridized carbons (Fsp3) is 0.167. The van der Waals surface area contributed by atoms with E-state index in [-0.39, 0.29) is 11.8 Å². The topological polar surface area (TPSA) is 76.0 Å². The highest BCUT2D eigenvalue weighted by atomic mass is 16.2. The second-order valence-electron chi connectivity index (χ2n) is 5.48. The van der Waals surface area contributed by atoms with E-state index in [0.717, 1.165) is 11.0 Å². The lowest BCUT2D eigenvalue weighted by atomic mass is 10.2. The van der Waals surface area contributed by atoms with E-state index in [4.69, 9.17) is 0 Å². The Hall–Kier alpha value is -3.15. The van der Waals surface area contributed by atoms with Gasteiger partial charge in [0.05, 0.1) is 17.4 Å². The maximum Gasteiger partial charge on any atom is 0.226 e. The Kier molecular flexibility index (Phi) is 4.56. The lowest BCUT2D eigenvalue weighted by molar-refractivity contribution is -0.116. The first kappa shape index (κ1) is 15.7. The van der Waals surface area contributed by atoms with Gasteiger partial charge in [-0.05, 0) is 36.4 Å². The molecule has 0 spiro atoms. The second-order valence-corrected chi connectivity index (χ2v) is 5.48. The van der Waals surface area contributed by atoms with E-state index < -0.39 is 0 Å². The standard InChI is InChI=1S/C18H18N4O2/c1-13(23)20-14-6-8-15(9-7-14)21-18(24)10-11-22-12-19-16-4-2-3-5-17(16)22/h2-9,12H,10-11H2,1H3,(H,20,23)(H,21,24). The lowest BCUT2D eigenvalue weighted by Crippen LogP contribution is -2.14. The van der Waals surface area contributed by atoms with Gasteiger partial charge in [0.15, 0.2) is 0 Å². The van der Waals surface area contributed by atoms with Crippen LogP contribution in [0.1, 0.15) is 13.3 Å². The van der Waals surface area contributed by atoms with Crippen molar-refractivity contribution in [3.05, 3.63) is 54.9 Å². The molecule has 6 heteroatoms. The summed E-state index contributed by atoms with van der Waals surface area (Å²) in [5, 5.41) is 5.53. The van der Waals surface area contributed by atoms with E-state index in [1.807, 2.05) is 28.8 Å². The summed E-state index contributed by atoms with van der Waals surface area (Å²) in [6.07, 6.45) is 2.11. The van der Waals surface area contributed by atoms with E-state index >= 15 is 0 Å². The molecule has 24 heavy (non-hydrogen) atoms. The van der Waals surface area contributed by atoms with E-state index in [9.17, 15) is 9.59 Å². The molecule has 3 aromatic rings. The zero-order chi connectivity index (χ0) is 16.9. The van der Waals surface area contributed by atoms with Gasteiger partial charge in [-0.25, -0.2) is 4.98 Å². The molecule has 0 saturated carbocycles. The molecular weight excluding hydrogens is 304 g/mol. The van der Waals surface area contributed by atoms with Gasteiger partial charge >= 0.3 is 0 Å². The number of benzene rings is 2. The zero-order valence-electron chi connectivity index (χ0n) is 13.3. The number of para-hydroxylation sites is 2. The van der Waals surface area contributed by atoms with Crippen LogP contribution in [-0.4, -0.2) is 21.4 Å². The molecule has 2 N–H and O–H groups in total. The van der Waals surface area contributed by atoms with Crippen molar-refractivity contribution in [3.63, 3.8) is 0 Å². The van der Waals surface area contributed by atoms with Crippen LogP contribution < -0.4 is 10.6 Å². The molecule has 0 atom stereocenters. The van der Waals surface area contributed by atoms with Crippen molar-refractivity contribution in [1.82, 2.24) is 9.55 Å². The van der Waals surface area contributed by atoms with E-state index in [2.05, 4.69) is 15.6 Å². The minimum Gasteiger partial charge on any atom is -0.330 e. The van der Waals surface area contributed by atoms with Crippen LogP contribution >= 0.6 is 0 Å². The number of hydrogen-bond donors (Lipinski definition) is 2. The highest BCUT2D eigenvalue weighted by Gasteiger charge is 2.06. The molecule has 3 rings (SSSR count). The Morgan fingerprint density at radius 2 is 1.67 bits per heavy atom. The third-order valence-corrected chi connectivity index (χ3v) is 3.60. The van der Waals surface area contributed by atoms with Crippen LogP contribution in [0.2, 0.25) is 0 Å². The number of imidazole rings is 1. The van der Waals surface area contributed by atoms with Crippen molar-refractivity contribution in [2.75, 3.05) is 10.6 Å². The molecule has 1 heterocycles. The normalized spacial score (nSPS) is 10.5. The maximum atomic E-state index is 12.1. The van der Waals surface area contributed by atoms with Gasteiger partial charge in [0.1, 0.15) is 0 Å². The van der Waals surface area contributed by atoms with Crippen LogP contribution in [0.5, 0.6) is 0 Å². The van der Waals surface area contributed by atoms with Crippen LogP contribution in [-0.2, 0) is 16.1 Å². The predicted molar refractivity (Wildman–Crippen MR) is 93.7 cm³/mol. The highest BCUT2D eigenvalue weighted by Crippen LogP contribution is 2.15. The first-order chi connectivity index (χ1) is 11.6. The number of carbonyl (C=O) groups is 2. The summed E-state index contributed by atoms with van der Waals surface area (Å²) in [6, 6.07) is 14.9. The zero-order valence-corrected chi connectivity index (χ0v) is 13.3. The van der Waals surface area contributed by atoms with Gasteiger partial charge in [0, 0.05) is 31.3 Å². The lowest BCUT2D eigenvalue weighted by Gasteiger charge is -2.08. The van der Waals surface area contributed by atoms with Crippen LogP contribution in [0, 0.1) is 0 Å². The Morgan fingerprint density at radius 1 is 1.00 bits per heavy atom. The number of fused-ring (bicyclic) bond motifs is 1. The molecule has 0 bridgehead atoms. The summed E-state index contributed by atoms with van der Waals surface area (Å²) in [7, 11) is 0. The molecule has 0 aliphatic carbocycles. The number of nitrogens with one attached hydrogen (secondary N) is 2. The quantitative estimate of drug-likeness (QED) is 0.758. The predicted octanol–water partition coefficient (Wildman–Crippen LogP) is 3.02. The van der Waals surface area contributed by atoms with Crippen molar-refractivity contribution in [2.24, 2.45) is 0 Å². The number of anilines is 2. The van der Waals surface area contributed by atoms with Crippen LogP contribution in [0.15, 0.2) is 54.9 Å². The second kappa shape index (κ2) is 6.95. The number of aromatic nitrogens is 2. The highest BCUT2D eigenvalue weighted by molar-refractivity contribution is 5.92. The minimum atomic E-state index is -0.126. The third kappa shape index (κ3) is 3.78. The SMILES string of the molecule is CC(=O)Nc1ccc(NC(=O)CCn2cnc3ccccc32)cc1. The molecule has 0 fully saturated rings. The van der Waals surface area contributed by atoms with Crippen molar-refractivity contribution in [2.45, 2.75) is 19.9 Å². The number of aryl methyl sites for hydroxylation is 1. The summed E-state index contributed by atoms with van der Waals surface area (Å²) in [4.78, 5) is 27.4. The molecule has 0 aliphatic rings. The summed E-state index contributed by atoms with van der Waals surface area (Å²) < 4.78 is 1.97. The number of amides is 2. The van der Waals surface area contributed by atoms with E-state index in [1.165, 1.54) is 6.92 Å². The molecule has 0 aliphatic heterocycles. The number of carbonyl (C=O) groups excluding carboxylic acids is 2. The van der Waals surface area contributed by atoms with Crippen molar-refractivity contribution >= 4 is 34.2 Å². The van der Waals surface area contributed by atoms with Crippen LogP contribution in [0.25, 0.3) is 11.0 Å². The summed E-state index contributed by atoms with van der Waals surface area (Å²) >= 11 is 0. The van der Waals surface area contributed by atoms with Gasteiger partial charge in [0.2, 0.25) is 11.8 Å². The maximum absolute atomic E-state index is 12.1. The van der Waals surface area contributed by atoms with Gasteiger partial charge in [-0.3, -0.25) is 9.59 Å². The Bertz CT molecular complexity index is 868. The Morgan fingerprint density at radius 3 is 2.38 bits per heavy atom. The molecule has 2 aromatic carbocycles. The van der Waals surface area contributed by atoms with Gasteiger partial charge in [0.25, 0.3) is 0 Å². The first-order valence-corrected chi connectivity index (χ1v) is 7.69. The monoisotopic (exact) mass is 322 g/mol. The van der Waals surface area contributed by atoms with Gasteiger partial charge < -0.3 is 15.2 Å². The number of hydrogen-bond acceptors (Lipinski definition) is 3. The fourth-order valence-corrected chi connectivity index (χ4v) is 2.47. The van der Waals surface area contributed by atoms with Crippen molar-refractivity contribution in [3.8, 4) is 0 Å². The average Bonchev–Trinajstić information content (AvgIpc) is 2.98. The summed E-state index contributed by atoms with van der Waals surface area (Å²) in [6.45, 7) is 2.02.